The first-order valence-corrected chi connectivity index (χ1v) is 8.29. The van der Waals surface area contributed by atoms with Gasteiger partial charge in [0.15, 0.2) is 0 Å². The zero-order valence-electron chi connectivity index (χ0n) is 14.9. The molecule has 0 fully saturated rings. The molecule has 0 spiro atoms. The second kappa shape index (κ2) is 9.46. The van der Waals surface area contributed by atoms with Crippen LogP contribution in [0.1, 0.15) is 46.6 Å². The van der Waals surface area contributed by atoms with Crippen LogP contribution in [0.5, 0.6) is 5.75 Å². The van der Waals surface area contributed by atoms with Gasteiger partial charge < -0.3 is 14.8 Å². The van der Waals surface area contributed by atoms with Gasteiger partial charge in [-0.2, -0.15) is 0 Å². The van der Waals surface area contributed by atoms with Crippen LogP contribution < -0.4 is 10.1 Å². The predicted molar refractivity (Wildman–Crippen MR) is 92.8 cm³/mol. The van der Waals surface area contributed by atoms with E-state index in [1.54, 1.807) is 0 Å². The van der Waals surface area contributed by atoms with Gasteiger partial charge in [-0.3, -0.25) is 4.79 Å². The first-order valence-electron chi connectivity index (χ1n) is 8.29. The van der Waals surface area contributed by atoms with Gasteiger partial charge in [0.2, 0.25) is 0 Å². The Morgan fingerprint density at radius 3 is 2.17 bits per heavy atom. The maximum atomic E-state index is 12.4. The van der Waals surface area contributed by atoms with Crippen molar-refractivity contribution in [2.75, 3.05) is 6.54 Å². The lowest BCUT2D eigenvalue weighted by Gasteiger charge is -2.17. The molecule has 128 valence electrons. The Morgan fingerprint density at radius 2 is 1.70 bits per heavy atom. The molecule has 1 aromatic carbocycles. The molecule has 0 saturated carbocycles. The van der Waals surface area contributed by atoms with E-state index in [1.165, 1.54) is 6.92 Å². The number of carbonyl (C=O) groups excluding carboxylic acids is 2. The summed E-state index contributed by atoms with van der Waals surface area (Å²) < 4.78 is 5.62. The first kappa shape index (κ1) is 19.4. The Hall–Kier alpha value is -1.68. The van der Waals surface area contributed by atoms with Crippen molar-refractivity contribution in [3.8, 4) is 5.75 Å². The number of ether oxygens (including phenoxy) is 1. The summed E-state index contributed by atoms with van der Waals surface area (Å²) in [6, 6.07) is 8.01. The molecule has 0 aliphatic heterocycles. The summed E-state index contributed by atoms with van der Waals surface area (Å²) in [6.07, 6.45) is 1.01. The zero-order valence-corrected chi connectivity index (χ0v) is 14.9. The van der Waals surface area contributed by atoms with Crippen LogP contribution in [-0.4, -0.2) is 30.3 Å². The van der Waals surface area contributed by atoms with Gasteiger partial charge in [0.25, 0.3) is 0 Å². The molecule has 1 aromatic rings. The molecular formula is C19H29NO3. The van der Waals surface area contributed by atoms with E-state index >= 15 is 0 Å². The van der Waals surface area contributed by atoms with Gasteiger partial charge in [-0.25, -0.2) is 0 Å². The van der Waals surface area contributed by atoms with Crippen molar-refractivity contribution in [2.24, 2.45) is 5.92 Å². The third-order valence-electron chi connectivity index (χ3n) is 3.45. The fourth-order valence-electron chi connectivity index (χ4n) is 2.36. The summed E-state index contributed by atoms with van der Waals surface area (Å²) in [4.78, 5) is 23.8. The number of carbonyl (C=O) groups is 2. The van der Waals surface area contributed by atoms with Crippen LogP contribution in [0, 0.1) is 5.92 Å². The number of hydrogen-bond acceptors (Lipinski definition) is 4. The molecule has 0 unspecified atom stereocenters. The van der Waals surface area contributed by atoms with E-state index in [1.807, 2.05) is 52.0 Å². The van der Waals surface area contributed by atoms with Crippen LogP contribution in [0.3, 0.4) is 0 Å². The van der Waals surface area contributed by atoms with E-state index in [-0.39, 0.29) is 29.6 Å². The van der Waals surface area contributed by atoms with Crippen LogP contribution in [-0.2, 0) is 16.0 Å². The second-order valence-corrected chi connectivity index (χ2v) is 6.62. The van der Waals surface area contributed by atoms with Crippen molar-refractivity contribution in [1.29, 1.82) is 0 Å². The largest absolute Gasteiger partial charge is 0.491 e. The highest BCUT2D eigenvalue weighted by molar-refractivity contribution is 5.88. The van der Waals surface area contributed by atoms with Crippen molar-refractivity contribution < 1.29 is 14.3 Å². The highest BCUT2D eigenvalue weighted by Crippen LogP contribution is 2.18. The normalized spacial score (nSPS) is 12.5. The van der Waals surface area contributed by atoms with Crippen LogP contribution in [0.4, 0.5) is 0 Å². The minimum atomic E-state index is -0.268. The van der Waals surface area contributed by atoms with E-state index in [4.69, 9.17) is 4.74 Å². The molecule has 0 saturated heterocycles. The molecule has 0 heterocycles. The zero-order chi connectivity index (χ0) is 17.4. The summed E-state index contributed by atoms with van der Waals surface area (Å²) >= 11 is 0. The molecule has 4 nitrogen and oxygen atoms in total. The second-order valence-electron chi connectivity index (χ2n) is 6.62. The number of rotatable bonds is 10. The van der Waals surface area contributed by atoms with Gasteiger partial charge in [0.05, 0.1) is 12.6 Å². The summed E-state index contributed by atoms with van der Waals surface area (Å²) in [5.41, 5.74) is 1.05. The molecule has 0 aliphatic carbocycles. The maximum Gasteiger partial charge on any atom is 0.150 e. The minimum Gasteiger partial charge on any atom is -0.491 e. The molecule has 0 bridgehead atoms. The summed E-state index contributed by atoms with van der Waals surface area (Å²) in [7, 11) is 0. The average molecular weight is 319 g/mol. The van der Waals surface area contributed by atoms with Crippen LogP contribution in [0.2, 0.25) is 0 Å². The lowest BCUT2D eigenvalue weighted by atomic mass is 9.90. The molecule has 1 atom stereocenters. The summed E-state index contributed by atoms with van der Waals surface area (Å²) in [5, 5.41) is 3.13. The summed E-state index contributed by atoms with van der Waals surface area (Å²) in [5.74, 6) is 0.694. The van der Waals surface area contributed by atoms with E-state index in [2.05, 4.69) is 5.32 Å². The Balaban J connectivity index is 2.72. The van der Waals surface area contributed by atoms with Gasteiger partial charge in [-0.05, 0) is 44.9 Å². The third kappa shape index (κ3) is 7.93. The monoisotopic (exact) mass is 319 g/mol. The fourth-order valence-corrected chi connectivity index (χ4v) is 2.36. The number of Topliss-reactive ketones (excluding diaryl/α,β-unsaturated/α-hetero) is 2. The first-order chi connectivity index (χ1) is 10.8. The van der Waals surface area contributed by atoms with Crippen molar-refractivity contribution >= 4 is 11.6 Å². The Labute approximate surface area is 139 Å². The molecule has 0 radical (unpaired) electrons. The standard InChI is InChI=1S/C19H29NO3/c1-13(2)20-12-19(22)17(10-15(5)21)11-16-6-8-18(9-7-16)23-14(3)4/h6-9,13-14,17,20H,10-12H2,1-5H3/t17-/m1/s1. The molecule has 1 N–H and O–H groups in total. The van der Waals surface area contributed by atoms with Gasteiger partial charge in [-0.15, -0.1) is 0 Å². The molecule has 0 amide bonds. The Morgan fingerprint density at radius 1 is 1.09 bits per heavy atom. The predicted octanol–water partition coefficient (Wildman–Crippen LogP) is 3.18. The fraction of sp³-hybridized carbons (Fsp3) is 0.579. The maximum absolute atomic E-state index is 12.4. The Bertz CT molecular complexity index is 506. The lowest BCUT2D eigenvalue weighted by Crippen LogP contribution is -2.34. The van der Waals surface area contributed by atoms with E-state index < -0.39 is 0 Å². The number of nitrogens with one attached hydrogen (secondary N) is 1. The molecule has 4 heteroatoms. The summed E-state index contributed by atoms with van der Waals surface area (Å²) in [6.45, 7) is 9.82. The van der Waals surface area contributed by atoms with E-state index in [0.29, 0.717) is 19.4 Å². The minimum absolute atomic E-state index is 0.0488. The highest BCUT2D eigenvalue weighted by atomic mass is 16.5. The van der Waals surface area contributed by atoms with Crippen molar-refractivity contribution in [1.82, 2.24) is 5.32 Å². The van der Waals surface area contributed by atoms with E-state index in [9.17, 15) is 9.59 Å². The highest BCUT2D eigenvalue weighted by Gasteiger charge is 2.20. The molecule has 0 aromatic heterocycles. The van der Waals surface area contributed by atoms with Crippen LogP contribution in [0.15, 0.2) is 24.3 Å². The quantitative estimate of drug-likeness (QED) is 0.719. The van der Waals surface area contributed by atoms with Crippen LogP contribution in [0.25, 0.3) is 0 Å². The molecule has 1 rings (SSSR count). The van der Waals surface area contributed by atoms with Gasteiger partial charge in [0, 0.05) is 18.4 Å². The smallest absolute Gasteiger partial charge is 0.150 e. The molecule has 0 aliphatic rings. The SMILES string of the molecule is CC(=O)C[C@H](Cc1ccc(OC(C)C)cc1)C(=O)CNC(C)C. The van der Waals surface area contributed by atoms with Crippen molar-refractivity contribution in [2.45, 2.75) is 59.6 Å². The van der Waals surface area contributed by atoms with E-state index in [0.717, 1.165) is 11.3 Å². The third-order valence-corrected chi connectivity index (χ3v) is 3.45. The van der Waals surface area contributed by atoms with Crippen LogP contribution >= 0.6 is 0 Å². The Kier molecular flexibility index (Phi) is 7.96. The van der Waals surface area contributed by atoms with Crippen molar-refractivity contribution in [3.63, 3.8) is 0 Å². The molecule has 23 heavy (non-hydrogen) atoms. The average Bonchev–Trinajstić information content (AvgIpc) is 2.45. The van der Waals surface area contributed by atoms with Gasteiger partial charge >= 0.3 is 0 Å². The molecular weight excluding hydrogens is 290 g/mol. The van der Waals surface area contributed by atoms with Gasteiger partial charge in [-0.1, -0.05) is 26.0 Å². The number of ketones is 2. The lowest BCUT2D eigenvalue weighted by molar-refractivity contribution is -0.126. The van der Waals surface area contributed by atoms with Gasteiger partial charge in [0.1, 0.15) is 17.3 Å². The topological polar surface area (TPSA) is 55.4 Å². The van der Waals surface area contributed by atoms with Crippen molar-refractivity contribution in [3.05, 3.63) is 29.8 Å². The number of hydrogen-bond donors (Lipinski definition) is 1. The number of benzene rings is 1.